The predicted molar refractivity (Wildman–Crippen MR) is 109 cm³/mol. The van der Waals surface area contributed by atoms with Gasteiger partial charge in [-0.15, -0.1) is 0 Å². The molecule has 0 aliphatic rings. The number of benzene rings is 1. The number of carbonyl (C=O) groups is 1. The molecule has 3 aromatic heterocycles. The van der Waals surface area contributed by atoms with Gasteiger partial charge in [0.15, 0.2) is 5.82 Å². The van der Waals surface area contributed by atoms with E-state index >= 15 is 0 Å². The average molecular weight is 411 g/mol. The molecule has 0 spiro atoms. The van der Waals surface area contributed by atoms with Crippen LogP contribution in [-0.4, -0.2) is 30.2 Å². The van der Waals surface area contributed by atoms with Crippen molar-refractivity contribution in [2.45, 2.75) is 13.5 Å². The van der Waals surface area contributed by atoms with Crippen LogP contribution in [0.5, 0.6) is 0 Å². The van der Waals surface area contributed by atoms with Crippen molar-refractivity contribution in [3.05, 3.63) is 80.3 Å². The number of halogens is 1. The lowest BCUT2D eigenvalue weighted by molar-refractivity contribution is 0.102. The van der Waals surface area contributed by atoms with E-state index in [4.69, 9.17) is 11.6 Å². The zero-order valence-corrected chi connectivity index (χ0v) is 16.0. The van der Waals surface area contributed by atoms with Gasteiger partial charge in [-0.1, -0.05) is 11.6 Å². The Kier molecular flexibility index (Phi) is 4.73. The molecule has 1 amide bonds. The Morgan fingerprint density at radius 1 is 1.28 bits per heavy atom. The van der Waals surface area contributed by atoms with Gasteiger partial charge < -0.3 is 10.3 Å². The predicted octanol–water partition coefficient (Wildman–Crippen LogP) is 2.20. The van der Waals surface area contributed by atoms with Crippen molar-refractivity contribution in [3.63, 3.8) is 0 Å². The summed E-state index contributed by atoms with van der Waals surface area (Å²) in [4.78, 5) is 43.7. The Bertz CT molecular complexity index is 1350. The third-order valence-corrected chi connectivity index (χ3v) is 4.65. The van der Waals surface area contributed by atoms with Gasteiger partial charge in [-0.3, -0.25) is 14.2 Å². The van der Waals surface area contributed by atoms with Gasteiger partial charge in [0.2, 0.25) is 0 Å². The smallest absolute Gasteiger partial charge is 0.319 e. The Morgan fingerprint density at radius 2 is 2.10 bits per heavy atom. The van der Waals surface area contributed by atoms with Crippen LogP contribution in [-0.2, 0) is 6.54 Å². The third-order valence-electron chi connectivity index (χ3n) is 4.36. The molecule has 0 radical (unpaired) electrons. The van der Waals surface area contributed by atoms with E-state index in [1.165, 1.54) is 29.1 Å². The highest BCUT2D eigenvalue weighted by Crippen LogP contribution is 2.19. The fourth-order valence-corrected chi connectivity index (χ4v) is 3.14. The molecule has 0 fully saturated rings. The van der Waals surface area contributed by atoms with E-state index in [1.807, 2.05) is 0 Å². The van der Waals surface area contributed by atoms with E-state index in [-0.39, 0.29) is 12.1 Å². The molecule has 0 saturated carbocycles. The normalized spacial score (nSPS) is 11.0. The number of nitrogens with zero attached hydrogens (tertiary/aromatic N) is 4. The van der Waals surface area contributed by atoms with Crippen LogP contribution in [0.15, 0.2) is 58.5 Å². The van der Waals surface area contributed by atoms with Gasteiger partial charge in [-0.05, 0) is 37.3 Å². The first-order valence-electron chi connectivity index (χ1n) is 8.71. The second kappa shape index (κ2) is 7.36. The van der Waals surface area contributed by atoms with Gasteiger partial charge in [-0.25, -0.2) is 14.5 Å². The summed E-state index contributed by atoms with van der Waals surface area (Å²) in [7, 11) is 0. The number of aromatic amines is 1. The second-order valence-electron chi connectivity index (χ2n) is 6.18. The second-order valence-corrected chi connectivity index (χ2v) is 6.58. The van der Waals surface area contributed by atoms with E-state index in [1.54, 1.807) is 31.5 Å². The van der Waals surface area contributed by atoms with E-state index in [0.29, 0.717) is 27.4 Å². The number of aromatic nitrogens is 5. The minimum atomic E-state index is -0.518. The number of fused-ring (bicyclic) bond motifs is 1. The standard InChI is InChI=1S/C19H15ClN6O3/c1-2-25-18(28)13-6-5-11(8-15(13)24-19(25)29)17(27)23-12-9-22-26(10-12)16-14(20)4-3-7-21-16/h3-10H,2H2,1H3,(H,23,27)(H,24,29). The number of nitrogens with one attached hydrogen (secondary N) is 2. The molecule has 3 heterocycles. The fraction of sp³-hybridized carbons (Fsp3) is 0.105. The van der Waals surface area contributed by atoms with Gasteiger partial charge in [0.1, 0.15) is 0 Å². The molecule has 0 aliphatic heterocycles. The molecule has 9 nitrogen and oxygen atoms in total. The summed E-state index contributed by atoms with van der Waals surface area (Å²) in [6, 6.07) is 7.90. The molecule has 146 valence electrons. The first kappa shape index (κ1) is 18.6. The highest BCUT2D eigenvalue weighted by atomic mass is 35.5. The lowest BCUT2D eigenvalue weighted by Gasteiger charge is -2.06. The Balaban J connectivity index is 1.62. The van der Waals surface area contributed by atoms with Crippen molar-refractivity contribution in [1.82, 2.24) is 24.3 Å². The van der Waals surface area contributed by atoms with E-state index in [9.17, 15) is 14.4 Å². The number of rotatable bonds is 4. The van der Waals surface area contributed by atoms with Crippen LogP contribution in [0.2, 0.25) is 5.02 Å². The number of carbonyl (C=O) groups excluding carboxylic acids is 1. The van der Waals surface area contributed by atoms with Crippen molar-refractivity contribution in [1.29, 1.82) is 0 Å². The summed E-state index contributed by atoms with van der Waals surface area (Å²) in [5.41, 5.74) is 0.105. The molecule has 4 aromatic rings. The maximum atomic E-state index is 12.6. The lowest BCUT2D eigenvalue weighted by Crippen LogP contribution is -2.34. The monoisotopic (exact) mass is 410 g/mol. The zero-order valence-electron chi connectivity index (χ0n) is 15.2. The molecule has 0 saturated heterocycles. The summed E-state index contributed by atoms with van der Waals surface area (Å²) in [6.07, 6.45) is 4.63. The van der Waals surface area contributed by atoms with Gasteiger partial charge >= 0.3 is 5.69 Å². The summed E-state index contributed by atoms with van der Waals surface area (Å²) in [5.74, 6) is 0.0178. The first-order chi connectivity index (χ1) is 14.0. The largest absolute Gasteiger partial charge is 0.328 e. The SMILES string of the molecule is CCn1c(=O)[nH]c2cc(C(=O)Nc3cnn(-c4ncccc4Cl)c3)ccc2c1=O. The van der Waals surface area contributed by atoms with Crippen LogP contribution >= 0.6 is 11.6 Å². The molecule has 0 atom stereocenters. The number of hydrogen-bond donors (Lipinski definition) is 2. The van der Waals surface area contributed by atoms with Gasteiger partial charge in [-0.2, -0.15) is 5.10 Å². The van der Waals surface area contributed by atoms with Crippen LogP contribution in [0, 0.1) is 0 Å². The molecule has 1 aromatic carbocycles. The Hall–Kier alpha value is -3.72. The Morgan fingerprint density at radius 3 is 2.86 bits per heavy atom. The van der Waals surface area contributed by atoms with Gasteiger partial charge in [0, 0.05) is 18.3 Å². The van der Waals surface area contributed by atoms with E-state index < -0.39 is 17.2 Å². The van der Waals surface area contributed by atoms with E-state index in [2.05, 4.69) is 20.4 Å². The number of hydrogen-bond acceptors (Lipinski definition) is 5. The number of anilines is 1. The average Bonchev–Trinajstić information content (AvgIpc) is 3.16. The topological polar surface area (TPSA) is 115 Å². The quantitative estimate of drug-likeness (QED) is 0.535. The highest BCUT2D eigenvalue weighted by molar-refractivity contribution is 6.32. The van der Waals surface area contributed by atoms with E-state index in [0.717, 1.165) is 4.57 Å². The minimum absolute atomic E-state index is 0.261. The minimum Gasteiger partial charge on any atom is -0.319 e. The van der Waals surface area contributed by atoms with Gasteiger partial charge in [0.25, 0.3) is 11.5 Å². The fourth-order valence-electron chi connectivity index (χ4n) is 2.94. The highest BCUT2D eigenvalue weighted by Gasteiger charge is 2.13. The van der Waals surface area contributed by atoms with Crippen molar-refractivity contribution in [2.24, 2.45) is 0 Å². The van der Waals surface area contributed by atoms with Crippen molar-refractivity contribution in [3.8, 4) is 5.82 Å². The van der Waals surface area contributed by atoms with Crippen LogP contribution in [0.4, 0.5) is 5.69 Å². The number of amides is 1. The van der Waals surface area contributed by atoms with Gasteiger partial charge in [0.05, 0.1) is 34.0 Å². The first-order valence-corrected chi connectivity index (χ1v) is 9.09. The van der Waals surface area contributed by atoms with Crippen molar-refractivity contribution in [2.75, 3.05) is 5.32 Å². The molecule has 0 unspecified atom stereocenters. The van der Waals surface area contributed by atoms with Crippen LogP contribution in [0.3, 0.4) is 0 Å². The molecule has 29 heavy (non-hydrogen) atoms. The van der Waals surface area contributed by atoms with Crippen LogP contribution < -0.4 is 16.6 Å². The summed E-state index contributed by atoms with van der Waals surface area (Å²) in [6.45, 7) is 1.97. The number of pyridine rings is 1. The van der Waals surface area contributed by atoms with Crippen LogP contribution in [0.1, 0.15) is 17.3 Å². The lowest BCUT2D eigenvalue weighted by atomic mass is 10.1. The number of H-pyrrole nitrogens is 1. The summed E-state index contributed by atoms with van der Waals surface area (Å²) < 4.78 is 2.54. The summed E-state index contributed by atoms with van der Waals surface area (Å²) in [5, 5.41) is 7.62. The molecular formula is C19H15ClN6O3. The maximum Gasteiger partial charge on any atom is 0.328 e. The Labute approximate surface area is 168 Å². The summed E-state index contributed by atoms with van der Waals surface area (Å²) >= 11 is 6.11. The maximum absolute atomic E-state index is 12.6. The molecule has 10 heteroatoms. The zero-order chi connectivity index (χ0) is 20.5. The molecule has 4 rings (SSSR count). The molecular weight excluding hydrogens is 396 g/mol. The molecule has 0 bridgehead atoms. The third kappa shape index (κ3) is 3.43. The van der Waals surface area contributed by atoms with Crippen molar-refractivity contribution >= 4 is 34.1 Å². The van der Waals surface area contributed by atoms with Crippen LogP contribution in [0.25, 0.3) is 16.7 Å². The van der Waals surface area contributed by atoms with Crippen molar-refractivity contribution < 1.29 is 4.79 Å². The molecule has 2 N–H and O–H groups in total. The molecule has 0 aliphatic carbocycles.